The highest BCUT2D eigenvalue weighted by Crippen LogP contribution is 2.29. The normalized spacial score (nSPS) is 17.0. The zero-order valence-corrected chi connectivity index (χ0v) is 17.7. The highest BCUT2D eigenvalue weighted by Gasteiger charge is 2.36. The molecule has 3 N–H and O–H groups in total. The van der Waals surface area contributed by atoms with Crippen molar-refractivity contribution in [3.05, 3.63) is 58.1 Å². The van der Waals surface area contributed by atoms with E-state index in [-0.39, 0.29) is 31.2 Å². The minimum atomic E-state index is -0.697. The van der Waals surface area contributed by atoms with Gasteiger partial charge in [0.05, 0.1) is 25.5 Å². The number of hydrogen-bond donors (Lipinski definition) is 2. The third-order valence-corrected chi connectivity index (χ3v) is 5.32. The average Bonchev–Trinajstić information content (AvgIpc) is 3.08. The second-order valence-electron chi connectivity index (χ2n) is 7.04. The van der Waals surface area contributed by atoms with Gasteiger partial charge in [0.1, 0.15) is 0 Å². The zero-order chi connectivity index (χ0) is 21.8. The Morgan fingerprint density at radius 2 is 1.93 bits per heavy atom. The summed E-state index contributed by atoms with van der Waals surface area (Å²) in [5, 5.41) is 3.60. The third kappa shape index (κ3) is 5.23. The molecule has 2 aromatic carbocycles. The second-order valence-corrected chi connectivity index (χ2v) is 7.92. The van der Waals surface area contributed by atoms with Crippen LogP contribution < -0.4 is 16.0 Å². The molecule has 1 aliphatic heterocycles. The third-order valence-electron chi connectivity index (χ3n) is 4.88. The Morgan fingerprint density at radius 3 is 2.57 bits per heavy atom. The van der Waals surface area contributed by atoms with Crippen molar-refractivity contribution in [2.24, 2.45) is 5.92 Å². The monoisotopic (exact) mass is 449 g/mol. The van der Waals surface area contributed by atoms with Crippen LogP contribution in [0.4, 0.5) is 11.4 Å². The number of ether oxygens (including phenoxy) is 1. The van der Waals surface area contributed by atoms with Crippen LogP contribution in [-0.2, 0) is 19.1 Å². The molecule has 0 unspecified atom stereocenters. The maximum absolute atomic E-state index is 12.9. The van der Waals surface area contributed by atoms with Crippen LogP contribution in [0.1, 0.15) is 24.4 Å². The number of benzene rings is 2. The van der Waals surface area contributed by atoms with E-state index < -0.39 is 17.9 Å². The molecule has 0 aliphatic carbocycles. The molecule has 9 heteroatoms. The standard InChI is InChI=1S/C21H21Cl2N3O4/c1-30-20(28)10-18(12-5-14(22)8-15(23)6-12)25-21(29)13-7-19(27)26(11-13)17-4-2-3-16(24)9-17/h2-6,8-9,13,18H,7,10-11,24H2,1H3,(H,25,29)/t13-,18+/m0/s1. The second kappa shape index (κ2) is 9.36. The van der Waals surface area contributed by atoms with Crippen LogP contribution in [0.2, 0.25) is 10.0 Å². The molecule has 1 fully saturated rings. The largest absolute Gasteiger partial charge is 0.469 e. The molecule has 158 valence electrons. The van der Waals surface area contributed by atoms with Crippen LogP contribution in [0.25, 0.3) is 0 Å². The fourth-order valence-corrected chi connectivity index (χ4v) is 3.94. The van der Waals surface area contributed by atoms with E-state index in [0.29, 0.717) is 27.0 Å². The van der Waals surface area contributed by atoms with E-state index in [4.69, 9.17) is 33.7 Å². The number of carbonyl (C=O) groups excluding carboxylic acids is 3. The lowest BCUT2D eigenvalue weighted by Gasteiger charge is -2.21. The Kier molecular flexibility index (Phi) is 6.84. The summed E-state index contributed by atoms with van der Waals surface area (Å²) < 4.78 is 4.74. The average molecular weight is 450 g/mol. The molecule has 0 aromatic heterocycles. The molecular weight excluding hydrogens is 429 g/mol. The van der Waals surface area contributed by atoms with Crippen molar-refractivity contribution in [3.63, 3.8) is 0 Å². The van der Waals surface area contributed by atoms with Crippen LogP contribution in [0.5, 0.6) is 0 Å². The topological polar surface area (TPSA) is 102 Å². The van der Waals surface area contributed by atoms with Gasteiger partial charge in [-0.05, 0) is 42.0 Å². The predicted molar refractivity (Wildman–Crippen MR) is 115 cm³/mol. The summed E-state index contributed by atoms with van der Waals surface area (Å²) in [6.45, 7) is 0.218. The molecule has 1 aliphatic rings. The molecule has 7 nitrogen and oxygen atoms in total. The van der Waals surface area contributed by atoms with Crippen molar-refractivity contribution in [1.29, 1.82) is 0 Å². The lowest BCUT2D eigenvalue weighted by Crippen LogP contribution is -2.36. The first-order valence-electron chi connectivity index (χ1n) is 9.26. The number of halogens is 2. The number of nitrogens with two attached hydrogens (primary N) is 1. The molecule has 30 heavy (non-hydrogen) atoms. The summed E-state index contributed by atoms with van der Waals surface area (Å²) in [7, 11) is 1.27. The minimum Gasteiger partial charge on any atom is -0.469 e. The number of hydrogen-bond acceptors (Lipinski definition) is 5. The smallest absolute Gasteiger partial charge is 0.307 e. The van der Waals surface area contributed by atoms with Gasteiger partial charge in [0.2, 0.25) is 11.8 Å². The van der Waals surface area contributed by atoms with Gasteiger partial charge in [-0.2, -0.15) is 0 Å². The molecule has 0 saturated carbocycles. The number of esters is 1. The molecule has 0 radical (unpaired) electrons. The zero-order valence-electron chi connectivity index (χ0n) is 16.2. The van der Waals surface area contributed by atoms with Gasteiger partial charge in [0.25, 0.3) is 0 Å². The van der Waals surface area contributed by atoms with Gasteiger partial charge >= 0.3 is 5.97 Å². The van der Waals surface area contributed by atoms with Crippen molar-refractivity contribution in [2.75, 3.05) is 24.3 Å². The van der Waals surface area contributed by atoms with E-state index in [9.17, 15) is 14.4 Å². The van der Waals surface area contributed by atoms with Gasteiger partial charge in [-0.1, -0.05) is 29.3 Å². The minimum absolute atomic E-state index is 0.0574. The summed E-state index contributed by atoms with van der Waals surface area (Å²) in [5.74, 6) is -1.59. The molecule has 2 amide bonds. The highest BCUT2D eigenvalue weighted by molar-refractivity contribution is 6.34. The van der Waals surface area contributed by atoms with Gasteiger partial charge < -0.3 is 20.7 Å². The van der Waals surface area contributed by atoms with Crippen molar-refractivity contribution < 1.29 is 19.1 Å². The number of anilines is 2. The Morgan fingerprint density at radius 1 is 1.23 bits per heavy atom. The molecule has 2 aromatic rings. The quantitative estimate of drug-likeness (QED) is 0.519. The molecule has 1 saturated heterocycles. The molecule has 0 spiro atoms. The fourth-order valence-electron chi connectivity index (χ4n) is 3.39. The summed E-state index contributed by atoms with van der Waals surface area (Å²) in [6.07, 6.45) is -0.0413. The first kappa shape index (κ1) is 21.9. The van der Waals surface area contributed by atoms with Crippen molar-refractivity contribution >= 4 is 52.4 Å². The SMILES string of the molecule is COC(=O)C[C@@H](NC(=O)[C@H]1CC(=O)N(c2cccc(N)c2)C1)c1cc(Cl)cc(Cl)c1. The molecular formula is C21H21Cl2N3O4. The van der Waals surface area contributed by atoms with Gasteiger partial charge in [-0.25, -0.2) is 0 Å². The van der Waals surface area contributed by atoms with E-state index >= 15 is 0 Å². The Labute approximate surface area is 184 Å². The van der Waals surface area contributed by atoms with Crippen LogP contribution in [0.15, 0.2) is 42.5 Å². The first-order chi connectivity index (χ1) is 14.3. The van der Waals surface area contributed by atoms with Crippen molar-refractivity contribution in [3.8, 4) is 0 Å². The Balaban J connectivity index is 1.77. The van der Waals surface area contributed by atoms with Crippen molar-refractivity contribution in [2.45, 2.75) is 18.9 Å². The number of methoxy groups -OCH3 is 1. The Hall–Kier alpha value is -2.77. The van der Waals surface area contributed by atoms with E-state index in [1.807, 2.05) is 0 Å². The number of nitrogens with one attached hydrogen (secondary N) is 1. The van der Waals surface area contributed by atoms with E-state index in [1.165, 1.54) is 12.0 Å². The lowest BCUT2D eigenvalue weighted by atomic mass is 10.0. The van der Waals surface area contributed by atoms with Gasteiger partial charge in [-0.3, -0.25) is 14.4 Å². The number of nitrogens with zero attached hydrogens (tertiary/aromatic N) is 1. The first-order valence-corrected chi connectivity index (χ1v) is 10.0. The molecule has 2 atom stereocenters. The van der Waals surface area contributed by atoms with E-state index in [0.717, 1.165) is 0 Å². The van der Waals surface area contributed by atoms with Gasteiger partial charge in [-0.15, -0.1) is 0 Å². The van der Waals surface area contributed by atoms with Crippen LogP contribution in [-0.4, -0.2) is 31.4 Å². The highest BCUT2D eigenvalue weighted by atomic mass is 35.5. The van der Waals surface area contributed by atoms with Crippen molar-refractivity contribution in [1.82, 2.24) is 5.32 Å². The maximum atomic E-state index is 12.9. The molecule has 3 rings (SSSR count). The van der Waals surface area contributed by atoms with E-state index in [1.54, 1.807) is 42.5 Å². The van der Waals surface area contributed by atoms with Crippen LogP contribution in [0.3, 0.4) is 0 Å². The molecule has 0 bridgehead atoms. The number of carbonyl (C=O) groups is 3. The summed E-state index contributed by atoms with van der Waals surface area (Å²) in [4.78, 5) is 38.8. The Bertz CT molecular complexity index is 962. The lowest BCUT2D eigenvalue weighted by molar-refractivity contribution is -0.141. The molecule has 1 heterocycles. The summed E-state index contributed by atoms with van der Waals surface area (Å²) in [6, 6.07) is 11.0. The summed E-state index contributed by atoms with van der Waals surface area (Å²) >= 11 is 12.1. The van der Waals surface area contributed by atoms with Crippen LogP contribution in [0, 0.1) is 5.92 Å². The maximum Gasteiger partial charge on any atom is 0.307 e. The number of rotatable bonds is 6. The van der Waals surface area contributed by atoms with Gasteiger partial charge in [0.15, 0.2) is 0 Å². The fraction of sp³-hybridized carbons (Fsp3) is 0.286. The number of amides is 2. The van der Waals surface area contributed by atoms with Crippen LogP contribution >= 0.6 is 23.2 Å². The van der Waals surface area contributed by atoms with Gasteiger partial charge in [0, 0.05) is 34.4 Å². The van der Waals surface area contributed by atoms with E-state index in [2.05, 4.69) is 5.32 Å². The number of nitrogen functional groups attached to an aromatic ring is 1. The summed E-state index contributed by atoms with van der Waals surface area (Å²) in [5.41, 5.74) is 7.54. The predicted octanol–water partition coefficient (Wildman–Crippen LogP) is 3.35.